The minimum Gasteiger partial charge on any atom is -0.419 e. The van der Waals surface area contributed by atoms with Crippen LogP contribution in [0.3, 0.4) is 0 Å². The predicted octanol–water partition coefficient (Wildman–Crippen LogP) is -1.24. The van der Waals surface area contributed by atoms with Crippen molar-refractivity contribution < 1.29 is 33.8 Å². The van der Waals surface area contributed by atoms with Crippen LogP contribution in [0, 0.1) is 0 Å². The van der Waals surface area contributed by atoms with Crippen molar-refractivity contribution in [1.82, 2.24) is 0 Å². The number of hydrogen-bond acceptors (Lipinski definition) is 7. The quantitative estimate of drug-likeness (QED) is 0.244. The SMILES string of the molecule is C=CC(=O)OC(COB(O)O)OC(=O)C=C. The van der Waals surface area contributed by atoms with E-state index < -0.39 is 32.2 Å². The van der Waals surface area contributed by atoms with Gasteiger partial charge in [0.2, 0.25) is 0 Å². The van der Waals surface area contributed by atoms with Crippen molar-refractivity contribution in [3.05, 3.63) is 25.3 Å². The molecule has 0 aromatic heterocycles. The number of esters is 2. The Labute approximate surface area is 92.1 Å². The summed E-state index contributed by atoms with van der Waals surface area (Å²) < 4.78 is 13.3. The lowest BCUT2D eigenvalue weighted by Crippen LogP contribution is -2.31. The lowest BCUT2D eigenvalue weighted by atomic mass is 10.3. The number of carbonyl (C=O) groups excluding carboxylic acids is 2. The third-order valence-electron chi connectivity index (χ3n) is 1.21. The fourth-order valence-corrected chi connectivity index (χ4v) is 0.612. The molecule has 8 heteroatoms. The van der Waals surface area contributed by atoms with Gasteiger partial charge in [0.05, 0.1) is 0 Å². The molecule has 0 aromatic rings. The molecule has 0 saturated heterocycles. The van der Waals surface area contributed by atoms with Gasteiger partial charge in [-0.05, 0) is 0 Å². The Kier molecular flexibility index (Phi) is 6.85. The maximum atomic E-state index is 10.8. The van der Waals surface area contributed by atoms with E-state index >= 15 is 0 Å². The zero-order valence-electron chi connectivity index (χ0n) is 8.37. The molecule has 0 aliphatic heterocycles. The van der Waals surface area contributed by atoms with Gasteiger partial charge in [-0.15, -0.1) is 0 Å². The summed E-state index contributed by atoms with van der Waals surface area (Å²) in [7, 11) is -2.06. The Hall–Kier alpha value is -1.64. The van der Waals surface area contributed by atoms with Gasteiger partial charge in [0.15, 0.2) is 0 Å². The number of rotatable bonds is 7. The maximum Gasteiger partial charge on any atom is 0.634 e. The van der Waals surface area contributed by atoms with Crippen LogP contribution in [0.5, 0.6) is 0 Å². The highest BCUT2D eigenvalue weighted by Crippen LogP contribution is 1.99. The van der Waals surface area contributed by atoms with Crippen molar-refractivity contribution in [1.29, 1.82) is 0 Å². The largest absolute Gasteiger partial charge is 0.634 e. The molecule has 0 aliphatic carbocycles. The molecular weight excluding hydrogens is 219 g/mol. The summed E-state index contributed by atoms with van der Waals surface area (Å²) in [6.45, 7) is 5.74. The van der Waals surface area contributed by atoms with Crippen LogP contribution < -0.4 is 0 Å². The van der Waals surface area contributed by atoms with Crippen molar-refractivity contribution in [2.45, 2.75) is 6.29 Å². The lowest BCUT2D eigenvalue weighted by Gasteiger charge is -2.16. The van der Waals surface area contributed by atoms with Gasteiger partial charge in [0.1, 0.15) is 6.61 Å². The summed E-state index contributed by atoms with van der Waals surface area (Å²) in [5, 5.41) is 16.8. The smallest absolute Gasteiger partial charge is 0.419 e. The van der Waals surface area contributed by atoms with E-state index in [1.807, 2.05) is 0 Å². The molecule has 0 unspecified atom stereocenters. The van der Waals surface area contributed by atoms with Crippen LogP contribution >= 0.6 is 0 Å². The van der Waals surface area contributed by atoms with E-state index in [-0.39, 0.29) is 0 Å². The number of ether oxygens (including phenoxy) is 2. The summed E-state index contributed by atoms with van der Waals surface area (Å²) in [5.41, 5.74) is 0. The molecule has 0 aliphatic rings. The minimum atomic E-state index is -2.06. The molecule has 88 valence electrons. The third-order valence-corrected chi connectivity index (χ3v) is 1.21. The van der Waals surface area contributed by atoms with Crippen LogP contribution in [0.4, 0.5) is 0 Å². The highest BCUT2D eigenvalue weighted by atomic mass is 16.7. The first-order chi connectivity index (χ1) is 7.49. The van der Waals surface area contributed by atoms with E-state index in [4.69, 9.17) is 10.0 Å². The van der Waals surface area contributed by atoms with E-state index in [2.05, 4.69) is 27.3 Å². The third kappa shape index (κ3) is 6.76. The van der Waals surface area contributed by atoms with E-state index in [0.717, 1.165) is 12.2 Å². The second kappa shape index (κ2) is 7.63. The fourth-order valence-electron chi connectivity index (χ4n) is 0.612. The van der Waals surface area contributed by atoms with E-state index in [9.17, 15) is 9.59 Å². The Bertz CT molecular complexity index is 254. The first-order valence-electron chi connectivity index (χ1n) is 4.13. The fraction of sp³-hybridized carbons (Fsp3) is 0.250. The van der Waals surface area contributed by atoms with Crippen LogP contribution in [0.25, 0.3) is 0 Å². The van der Waals surface area contributed by atoms with Gasteiger partial charge in [0.25, 0.3) is 6.29 Å². The Morgan fingerprint density at radius 2 is 1.62 bits per heavy atom. The lowest BCUT2D eigenvalue weighted by molar-refractivity contribution is -0.187. The molecule has 0 atom stereocenters. The normalized spacial score (nSPS) is 9.44. The second-order valence-electron chi connectivity index (χ2n) is 2.37. The average molecular weight is 230 g/mol. The van der Waals surface area contributed by atoms with Gasteiger partial charge in [-0.1, -0.05) is 13.2 Å². The van der Waals surface area contributed by atoms with Gasteiger partial charge in [-0.25, -0.2) is 9.59 Å². The molecule has 0 aromatic carbocycles. The Morgan fingerprint density at radius 1 is 1.19 bits per heavy atom. The Balaban J connectivity index is 4.25. The van der Waals surface area contributed by atoms with E-state index in [0.29, 0.717) is 0 Å². The molecule has 0 fully saturated rings. The first kappa shape index (κ1) is 14.4. The summed E-state index contributed by atoms with van der Waals surface area (Å²) in [4.78, 5) is 21.6. The van der Waals surface area contributed by atoms with Gasteiger partial charge < -0.3 is 24.2 Å². The molecule has 2 N–H and O–H groups in total. The average Bonchev–Trinajstić information content (AvgIpc) is 2.25. The van der Waals surface area contributed by atoms with Crippen molar-refractivity contribution in [2.24, 2.45) is 0 Å². The highest BCUT2D eigenvalue weighted by molar-refractivity contribution is 6.32. The van der Waals surface area contributed by atoms with Crippen molar-refractivity contribution in [3.63, 3.8) is 0 Å². The highest BCUT2D eigenvalue weighted by Gasteiger charge is 2.20. The molecular formula is C8H11BO7. The molecule has 0 radical (unpaired) electrons. The molecule has 0 spiro atoms. The molecule has 0 heterocycles. The van der Waals surface area contributed by atoms with Gasteiger partial charge in [-0.2, -0.15) is 0 Å². The molecule has 0 bridgehead atoms. The van der Waals surface area contributed by atoms with Crippen molar-refractivity contribution >= 4 is 19.3 Å². The maximum absolute atomic E-state index is 10.8. The monoisotopic (exact) mass is 230 g/mol. The topological polar surface area (TPSA) is 102 Å². The zero-order chi connectivity index (χ0) is 12.6. The molecule has 7 nitrogen and oxygen atoms in total. The van der Waals surface area contributed by atoms with Crippen LogP contribution in [0.2, 0.25) is 0 Å². The van der Waals surface area contributed by atoms with Gasteiger partial charge in [-0.3, -0.25) is 0 Å². The van der Waals surface area contributed by atoms with Crippen LogP contribution in [0.15, 0.2) is 25.3 Å². The van der Waals surface area contributed by atoms with E-state index in [1.54, 1.807) is 0 Å². The predicted molar refractivity (Wildman–Crippen MR) is 52.5 cm³/mol. The van der Waals surface area contributed by atoms with Crippen molar-refractivity contribution in [3.8, 4) is 0 Å². The summed E-state index contributed by atoms with van der Waals surface area (Å²) in [6.07, 6.45) is 0.298. The molecule has 0 rings (SSSR count). The number of hydrogen-bond donors (Lipinski definition) is 2. The van der Waals surface area contributed by atoms with Crippen LogP contribution in [-0.2, 0) is 23.7 Å². The molecule has 0 amide bonds. The standard InChI is InChI=1S/C8H11BO7/c1-3-6(10)15-8(5-14-9(12)13)16-7(11)4-2/h3-4,8,12-13H,1-2,5H2. The van der Waals surface area contributed by atoms with Crippen LogP contribution in [-0.4, -0.2) is 42.2 Å². The first-order valence-corrected chi connectivity index (χ1v) is 4.13. The second-order valence-corrected chi connectivity index (χ2v) is 2.37. The summed E-state index contributed by atoms with van der Waals surface area (Å²) >= 11 is 0. The van der Waals surface area contributed by atoms with Crippen molar-refractivity contribution in [2.75, 3.05) is 6.61 Å². The summed E-state index contributed by atoms with van der Waals surface area (Å²) in [6, 6.07) is 0. The van der Waals surface area contributed by atoms with Crippen LogP contribution in [0.1, 0.15) is 0 Å². The van der Waals surface area contributed by atoms with E-state index in [1.165, 1.54) is 0 Å². The zero-order valence-corrected chi connectivity index (χ0v) is 8.37. The van der Waals surface area contributed by atoms with Gasteiger partial charge in [0, 0.05) is 12.2 Å². The molecule has 16 heavy (non-hydrogen) atoms. The Morgan fingerprint density at radius 3 is 1.94 bits per heavy atom. The minimum absolute atomic E-state index is 0.531. The number of carbonyl (C=O) groups is 2. The summed E-state index contributed by atoms with van der Waals surface area (Å²) in [5.74, 6) is -1.70. The molecule has 0 saturated carbocycles. The van der Waals surface area contributed by atoms with Gasteiger partial charge >= 0.3 is 19.3 Å².